The second-order valence-electron chi connectivity index (χ2n) is 6.47. The Morgan fingerprint density at radius 2 is 1.90 bits per heavy atom. The number of nitrogens with one attached hydrogen (secondary N) is 2. The van der Waals surface area contributed by atoms with E-state index in [2.05, 4.69) is 0 Å². The largest absolute Gasteiger partial charge is 0.478 e. The van der Waals surface area contributed by atoms with Crippen LogP contribution in [-0.2, 0) is 19.1 Å². The zero-order valence-corrected chi connectivity index (χ0v) is 15.9. The van der Waals surface area contributed by atoms with Gasteiger partial charge in [-0.2, -0.15) is 0 Å². The van der Waals surface area contributed by atoms with E-state index in [0.29, 0.717) is 0 Å². The van der Waals surface area contributed by atoms with Crippen LogP contribution >= 0.6 is 11.8 Å². The highest BCUT2D eigenvalue weighted by Gasteiger charge is 2.43. The summed E-state index contributed by atoms with van der Waals surface area (Å²) in [6, 6.07) is 2.06. The zero-order chi connectivity index (χ0) is 22.4. The molecule has 4 rings (SSSR count). The SMILES string of the molecule is O=C(O)C(=O)NC1=C(C(=O)O)C2C=C(Oc3ccc(F)c4c3C(=O)NC4=O)OCC2S1. The van der Waals surface area contributed by atoms with Crippen molar-refractivity contribution in [1.82, 2.24) is 10.6 Å². The maximum Gasteiger partial charge on any atom is 0.394 e. The summed E-state index contributed by atoms with van der Waals surface area (Å²) in [5.74, 6) is -8.42. The number of amides is 3. The molecule has 0 aliphatic carbocycles. The van der Waals surface area contributed by atoms with Gasteiger partial charge in [-0.25, -0.2) is 14.0 Å². The van der Waals surface area contributed by atoms with Gasteiger partial charge < -0.3 is 25.0 Å². The smallest absolute Gasteiger partial charge is 0.394 e. The maximum atomic E-state index is 13.9. The van der Waals surface area contributed by atoms with Gasteiger partial charge in [-0.05, 0) is 12.1 Å². The predicted octanol–water partition coefficient (Wildman–Crippen LogP) is 0.188. The van der Waals surface area contributed by atoms with Crippen LogP contribution in [0.3, 0.4) is 0 Å². The van der Waals surface area contributed by atoms with E-state index in [1.165, 1.54) is 6.08 Å². The Morgan fingerprint density at radius 3 is 2.58 bits per heavy atom. The second-order valence-corrected chi connectivity index (χ2v) is 7.72. The van der Waals surface area contributed by atoms with Crippen molar-refractivity contribution in [2.45, 2.75) is 5.25 Å². The average molecular weight is 450 g/mol. The monoisotopic (exact) mass is 450 g/mol. The first kappa shape index (κ1) is 20.4. The van der Waals surface area contributed by atoms with Crippen molar-refractivity contribution in [2.75, 3.05) is 6.61 Å². The Kier molecular flexibility index (Phi) is 4.89. The molecule has 1 aromatic carbocycles. The van der Waals surface area contributed by atoms with E-state index in [0.717, 1.165) is 23.9 Å². The van der Waals surface area contributed by atoms with Crippen LogP contribution in [0.2, 0.25) is 0 Å². The van der Waals surface area contributed by atoms with Crippen LogP contribution in [0.15, 0.2) is 34.8 Å². The summed E-state index contributed by atoms with van der Waals surface area (Å²) in [6.45, 7) is -0.0705. The van der Waals surface area contributed by atoms with Crippen molar-refractivity contribution in [3.8, 4) is 5.75 Å². The molecule has 1 aromatic rings. The third-order valence-electron chi connectivity index (χ3n) is 4.61. The first-order valence-electron chi connectivity index (χ1n) is 8.56. The Morgan fingerprint density at radius 1 is 1.19 bits per heavy atom. The minimum absolute atomic E-state index is 0.0705. The fraction of sp³-hybridized carbons (Fsp3) is 0.167. The van der Waals surface area contributed by atoms with Gasteiger partial charge in [0.1, 0.15) is 18.2 Å². The fourth-order valence-electron chi connectivity index (χ4n) is 3.30. The van der Waals surface area contributed by atoms with Crippen molar-refractivity contribution in [3.63, 3.8) is 0 Å². The van der Waals surface area contributed by atoms with Crippen molar-refractivity contribution < 1.29 is 48.0 Å². The van der Waals surface area contributed by atoms with E-state index >= 15 is 0 Å². The van der Waals surface area contributed by atoms with Crippen LogP contribution in [-0.4, -0.2) is 51.7 Å². The molecule has 160 valence electrons. The molecule has 0 aromatic heterocycles. The summed E-state index contributed by atoms with van der Waals surface area (Å²) >= 11 is 0.928. The fourth-order valence-corrected chi connectivity index (χ4v) is 4.60. The molecule has 13 heteroatoms. The number of halogens is 1. The van der Waals surface area contributed by atoms with Gasteiger partial charge in [-0.1, -0.05) is 11.8 Å². The van der Waals surface area contributed by atoms with Crippen molar-refractivity contribution >= 4 is 41.4 Å². The van der Waals surface area contributed by atoms with Gasteiger partial charge in [0, 0.05) is 12.0 Å². The van der Waals surface area contributed by atoms with Crippen LogP contribution in [0, 0.1) is 11.7 Å². The Labute approximate surface area is 175 Å². The molecule has 2 unspecified atom stereocenters. The minimum Gasteiger partial charge on any atom is -0.478 e. The third-order valence-corrected chi connectivity index (χ3v) is 5.90. The van der Waals surface area contributed by atoms with Crippen molar-refractivity contribution in [1.29, 1.82) is 0 Å². The molecule has 0 radical (unpaired) electrons. The number of benzene rings is 1. The number of carbonyl (C=O) groups is 5. The molecule has 3 aliphatic heterocycles. The molecular formula is C18H11FN2O9S. The Hall–Kier alpha value is -3.87. The number of carbonyl (C=O) groups excluding carboxylic acids is 3. The summed E-state index contributed by atoms with van der Waals surface area (Å²) in [4.78, 5) is 57.7. The molecule has 3 amide bonds. The van der Waals surface area contributed by atoms with E-state index in [9.17, 15) is 33.5 Å². The van der Waals surface area contributed by atoms with E-state index in [-0.39, 0.29) is 34.5 Å². The number of thioether (sulfide) groups is 1. The molecule has 4 N–H and O–H groups in total. The molecule has 3 heterocycles. The van der Waals surface area contributed by atoms with Gasteiger partial charge in [0.15, 0.2) is 0 Å². The van der Waals surface area contributed by atoms with Gasteiger partial charge >= 0.3 is 17.8 Å². The Balaban J connectivity index is 1.66. The van der Waals surface area contributed by atoms with E-state index in [1.807, 2.05) is 10.6 Å². The van der Waals surface area contributed by atoms with Gasteiger partial charge in [0.2, 0.25) is 0 Å². The summed E-state index contributed by atoms with van der Waals surface area (Å²) in [7, 11) is 0. The standard InChI is InChI=1S/C18H11FN2O9S/c19-6-1-2-7(12-11(6)13(22)20-14(12)23)30-9-3-5-8(4-29-9)31-16(10(5)17(25)26)21-15(24)18(27)28/h1-3,5,8H,4H2,(H,21,24)(H,25,26)(H,27,28)(H,20,22,23). The van der Waals surface area contributed by atoms with Crippen LogP contribution in [0.1, 0.15) is 20.7 Å². The lowest BCUT2D eigenvalue weighted by atomic mass is 9.95. The highest BCUT2D eigenvalue weighted by molar-refractivity contribution is 8.04. The van der Waals surface area contributed by atoms with Gasteiger partial charge in [-0.15, -0.1) is 0 Å². The van der Waals surface area contributed by atoms with Crippen molar-refractivity contribution in [2.24, 2.45) is 5.92 Å². The molecule has 0 saturated heterocycles. The lowest BCUT2D eigenvalue weighted by Crippen LogP contribution is -2.30. The number of hydrogen-bond donors (Lipinski definition) is 4. The normalized spacial score (nSPS) is 21.5. The molecule has 0 bridgehead atoms. The van der Waals surface area contributed by atoms with Crippen LogP contribution in [0.4, 0.5) is 4.39 Å². The number of imide groups is 1. The molecular weight excluding hydrogens is 439 g/mol. The molecule has 3 aliphatic rings. The summed E-state index contributed by atoms with van der Waals surface area (Å²) in [5.41, 5.74) is -1.05. The lowest BCUT2D eigenvalue weighted by molar-refractivity contribution is -0.149. The number of ether oxygens (including phenoxy) is 2. The minimum atomic E-state index is -1.78. The van der Waals surface area contributed by atoms with Crippen LogP contribution in [0.5, 0.6) is 5.75 Å². The molecule has 31 heavy (non-hydrogen) atoms. The van der Waals surface area contributed by atoms with E-state index in [1.54, 1.807) is 0 Å². The van der Waals surface area contributed by atoms with Gasteiger partial charge in [-0.3, -0.25) is 19.7 Å². The highest BCUT2D eigenvalue weighted by atomic mass is 32.2. The lowest BCUT2D eigenvalue weighted by Gasteiger charge is -2.25. The topological polar surface area (TPSA) is 168 Å². The molecule has 0 fully saturated rings. The van der Waals surface area contributed by atoms with Crippen molar-refractivity contribution in [3.05, 3.63) is 51.7 Å². The number of carboxylic acid groups (broad SMARTS) is 2. The third kappa shape index (κ3) is 3.48. The maximum absolute atomic E-state index is 13.9. The quantitative estimate of drug-likeness (QED) is 0.367. The average Bonchev–Trinajstić information content (AvgIpc) is 3.20. The molecule has 2 atom stereocenters. The number of allylic oxidation sites excluding steroid dienone is 1. The number of aliphatic carboxylic acids is 2. The zero-order valence-electron chi connectivity index (χ0n) is 15.1. The molecule has 11 nitrogen and oxygen atoms in total. The summed E-state index contributed by atoms with van der Waals surface area (Å²) in [5, 5.41) is 21.7. The predicted molar refractivity (Wildman–Crippen MR) is 98.2 cm³/mol. The van der Waals surface area contributed by atoms with E-state index < -0.39 is 52.2 Å². The molecule has 0 saturated carbocycles. The Bertz CT molecular complexity index is 1140. The summed E-state index contributed by atoms with van der Waals surface area (Å²) < 4.78 is 24.9. The number of carboxylic acids is 2. The number of fused-ring (bicyclic) bond motifs is 2. The second kappa shape index (κ2) is 7.43. The van der Waals surface area contributed by atoms with Crippen LogP contribution < -0.4 is 15.4 Å². The first-order valence-corrected chi connectivity index (χ1v) is 9.44. The van der Waals surface area contributed by atoms with Crippen LogP contribution in [0.25, 0.3) is 0 Å². The first-order chi connectivity index (χ1) is 14.7. The number of rotatable bonds is 4. The van der Waals surface area contributed by atoms with Gasteiger partial charge in [0.25, 0.3) is 17.8 Å². The summed E-state index contributed by atoms with van der Waals surface area (Å²) in [6.07, 6.45) is 1.29. The van der Waals surface area contributed by atoms with E-state index in [4.69, 9.17) is 14.6 Å². The highest BCUT2D eigenvalue weighted by Crippen LogP contribution is 2.45. The number of hydrogen-bond acceptors (Lipinski definition) is 8. The van der Waals surface area contributed by atoms with Gasteiger partial charge in [0.05, 0.1) is 27.0 Å². The molecule has 0 spiro atoms.